The van der Waals surface area contributed by atoms with Crippen LogP contribution in [0.1, 0.15) is 43.6 Å². The van der Waals surface area contributed by atoms with Gasteiger partial charge in [0.15, 0.2) is 0 Å². The summed E-state index contributed by atoms with van der Waals surface area (Å²) >= 11 is 0. The monoisotopic (exact) mass is 400 g/mol. The normalized spacial score (nSPS) is 15.1. The Morgan fingerprint density at radius 2 is 1.34 bits per heavy atom. The molecule has 5 nitrogen and oxygen atoms in total. The fraction of sp³-hybridized carbons (Fsp3) is 0.318. The van der Waals surface area contributed by atoms with Crippen molar-refractivity contribution in [2.24, 2.45) is 0 Å². The van der Waals surface area contributed by atoms with Crippen LogP contribution in [0.15, 0.2) is 36.4 Å². The van der Waals surface area contributed by atoms with Crippen molar-refractivity contribution < 1.29 is 23.2 Å². The van der Waals surface area contributed by atoms with Crippen LogP contribution in [0.2, 0.25) is 0 Å². The summed E-state index contributed by atoms with van der Waals surface area (Å²) in [6.07, 6.45) is 0.325. The van der Waals surface area contributed by atoms with Gasteiger partial charge in [0.25, 0.3) is 11.7 Å². The van der Waals surface area contributed by atoms with Crippen LogP contribution in [0.4, 0.5) is 20.2 Å². The Morgan fingerprint density at radius 1 is 0.793 bits per heavy atom. The molecule has 4 rings (SSSR count). The van der Waals surface area contributed by atoms with E-state index in [0.29, 0.717) is 12.1 Å². The van der Waals surface area contributed by atoms with Gasteiger partial charge >= 0.3 is 0 Å². The van der Waals surface area contributed by atoms with Crippen LogP contribution in [0.25, 0.3) is 0 Å². The van der Waals surface area contributed by atoms with E-state index in [2.05, 4.69) is 0 Å². The lowest BCUT2D eigenvalue weighted by Gasteiger charge is -2.22. The van der Waals surface area contributed by atoms with Crippen LogP contribution in [0.3, 0.4) is 0 Å². The zero-order valence-electron chi connectivity index (χ0n) is 16.7. The lowest BCUT2D eigenvalue weighted by atomic mass is 10.1. The van der Waals surface area contributed by atoms with Gasteiger partial charge < -0.3 is 4.90 Å². The number of halogens is 2. The van der Waals surface area contributed by atoms with Crippen molar-refractivity contribution in [2.75, 3.05) is 9.80 Å². The summed E-state index contributed by atoms with van der Waals surface area (Å²) in [4.78, 5) is 37.4. The number of carbonyl (C=O) groups excluding carboxylic acids is 3. The van der Waals surface area contributed by atoms with Gasteiger partial charge in [0.1, 0.15) is 11.6 Å². The maximum absolute atomic E-state index is 13.5. The topological polar surface area (TPSA) is 57.7 Å². The fourth-order valence-corrected chi connectivity index (χ4v) is 3.65. The molecule has 7 heteroatoms. The van der Waals surface area contributed by atoms with E-state index < -0.39 is 17.5 Å². The van der Waals surface area contributed by atoms with Crippen LogP contribution < -0.4 is 9.80 Å². The average Bonchev–Trinajstić information content (AvgIpc) is 3.12. The van der Waals surface area contributed by atoms with Crippen molar-refractivity contribution in [1.29, 1.82) is 0 Å². The summed E-state index contributed by atoms with van der Waals surface area (Å²) in [6, 6.07) is 8.79. The molecule has 0 spiro atoms. The predicted octanol–water partition coefficient (Wildman–Crippen LogP) is 3.89. The molecule has 0 fully saturated rings. The number of Topliss-reactive ketones (excluding diaryl/α,β-unsaturated/α-hetero) is 1. The van der Waals surface area contributed by atoms with E-state index >= 15 is 0 Å². The molecule has 2 aliphatic heterocycles. The zero-order chi connectivity index (χ0) is 21.5. The van der Waals surface area contributed by atoms with Gasteiger partial charge in [0, 0.05) is 12.1 Å². The number of rotatable bonds is 2. The molecule has 0 N–H and O–H groups in total. The van der Waals surface area contributed by atoms with E-state index in [0.717, 1.165) is 5.56 Å². The number of para-hydroxylation sites is 2. The van der Waals surface area contributed by atoms with Gasteiger partial charge in [-0.2, -0.15) is 0 Å². The molecule has 0 bridgehead atoms. The van der Waals surface area contributed by atoms with Crippen molar-refractivity contribution in [3.63, 3.8) is 0 Å². The molecule has 0 atom stereocenters. The third kappa shape index (κ3) is 3.52. The maximum Gasteiger partial charge on any atom is 0.299 e. The van der Waals surface area contributed by atoms with Crippen LogP contribution in [-0.2, 0) is 16.0 Å². The SMILES string of the molecule is CC(C)N1C(=O)C(=O)c2cccc(F)c21.CC(C)N1C(=O)Cc2cccc(F)c21. The number of benzene rings is 2. The summed E-state index contributed by atoms with van der Waals surface area (Å²) < 4.78 is 27.0. The first-order chi connectivity index (χ1) is 13.6. The smallest absolute Gasteiger partial charge is 0.299 e. The van der Waals surface area contributed by atoms with Crippen molar-refractivity contribution in [2.45, 2.75) is 46.2 Å². The van der Waals surface area contributed by atoms with Gasteiger partial charge in [-0.1, -0.05) is 18.2 Å². The fourth-order valence-electron chi connectivity index (χ4n) is 3.65. The summed E-state index contributed by atoms with van der Waals surface area (Å²) in [5, 5.41) is 0. The van der Waals surface area contributed by atoms with E-state index in [1.54, 1.807) is 26.0 Å². The number of ketones is 1. The Kier molecular flexibility index (Phi) is 5.50. The molecule has 152 valence electrons. The molecule has 0 saturated carbocycles. The Labute approximate surface area is 167 Å². The van der Waals surface area contributed by atoms with Gasteiger partial charge in [-0.05, 0) is 51.5 Å². The first kappa shape index (κ1) is 20.6. The molecule has 29 heavy (non-hydrogen) atoms. The molecular weight excluding hydrogens is 378 g/mol. The second-order valence-corrected chi connectivity index (χ2v) is 7.52. The second-order valence-electron chi connectivity index (χ2n) is 7.52. The maximum atomic E-state index is 13.5. The number of amides is 2. The largest absolute Gasteiger partial charge is 0.307 e. The van der Waals surface area contributed by atoms with Gasteiger partial charge in [-0.15, -0.1) is 0 Å². The highest BCUT2D eigenvalue weighted by Gasteiger charge is 2.39. The molecular formula is C22H22F2N2O3. The highest BCUT2D eigenvalue weighted by Crippen LogP contribution is 2.33. The molecule has 0 radical (unpaired) electrons. The average molecular weight is 400 g/mol. The number of anilines is 2. The minimum Gasteiger partial charge on any atom is -0.307 e. The molecule has 0 unspecified atom stereocenters. The second kappa shape index (κ2) is 7.73. The van der Waals surface area contributed by atoms with E-state index in [-0.39, 0.29) is 35.1 Å². The minimum absolute atomic E-state index is 0.0138. The molecule has 2 aromatic rings. The standard InChI is InChI=1S/C11H10FNO2.C11H12FNO/c1-6(2)13-9-7(10(14)11(13)15)4-3-5-8(9)12;1-7(2)13-10(14)6-8-4-3-5-9(12)11(8)13/h3-6H,1-2H3;3-5,7H,6H2,1-2H3. The first-order valence-corrected chi connectivity index (χ1v) is 9.41. The molecule has 0 aromatic heterocycles. The summed E-state index contributed by atoms with van der Waals surface area (Å²) in [7, 11) is 0. The zero-order valence-corrected chi connectivity index (χ0v) is 16.7. The van der Waals surface area contributed by atoms with Gasteiger partial charge in [-0.3, -0.25) is 19.3 Å². The minimum atomic E-state index is -0.648. The van der Waals surface area contributed by atoms with Crippen molar-refractivity contribution in [3.8, 4) is 0 Å². The van der Waals surface area contributed by atoms with Crippen molar-refractivity contribution in [1.82, 2.24) is 0 Å². The quantitative estimate of drug-likeness (QED) is 0.719. The first-order valence-electron chi connectivity index (χ1n) is 9.41. The van der Waals surface area contributed by atoms with Gasteiger partial charge in [0.05, 0.1) is 23.4 Å². The van der Waals surface area contributed by atoms with Crippen LogP contribution in [-0.4, -0.2) is 29.7 Å². The highest BCUT2D eigenvalue weighted by molar-refractivity contribution is 6.52. The molecule has 0 saturated heterocycles. The van der Waals surface area contributed by atoms with E-state index in [1.807, 2.05) is 13.8 Å². The Morgan fingerprint density at radius 3 is 1.93 bits per heavy atom. The van der Waals surface area contributed by atoms with Gasteiger partial charge in [0.2, 0.25) is 5.91 Å². The number of carbonyl (C=O) groups is 3. The molecule has 0 aliphatic carbocycles. The molecule has 2 aromatic carbocycles. The Bertz CT molecular complexity index is 1000. The highest BCUT2D eigenvalue weighted by atomic mass is 19.1. The summed E-state index contributed by atoms with van der Waals surface area (Å²) in [5.41, 5.74) is 1.53. The van der Waals surface area contributed by atoms with E-state index in [1.165, 1.54) is 34.1 Å². The van der Waals surface area contributed by atoms with E-state index in [4.69, 9.17) is 0 Å². The number of hydrogen-bond acceptors (Lipinski definition) is 3. The van der Waals surface area contributed by atoms with Crippen LogP contribution in [0, 0.1) is 11.6 Å². The van der Waals surface area contributed by atoms with Crippen LogP contribution in [0.5, 0.6) is 0 Å². The Balaban J connectivity index is 0.000000166. The predicted molar refractivity (Wildman–Crippen MR) is 106 cm³/mol. The molecule has 2 aliphatic rings. The summed E-state index contributed by atoms with van der Waals surface area (Å²) in [6.45, 7) is 7.26. The number of nitrogens with zero attached hydrogens (tertiary/aromatic N) is 2. The lowest BCUT2D eigenvalue weighted by molar-refractivity contribution is -0.117. The van der Waals surface area contributed by atoms with Crippen molar-refractivity contribution >= 4 is 29.0 Å². The Hall–Kier alpha value is -3.09. The molecule has 2 amide bonds. The van der Waals surface area contributed by atoms with Crippen molar-refractivity contribution in [3.05, 3.63) is 59.2 Å². The van der Waals surface area contributed by atoms with Gasteiger partial charge in [-0.25, -0.2) is 8.78 Å². The van der Waals surface area contributed by atoms with E-state index in [9.17, 15) is 23.2 Å². The third-order valence-electron chi connectivity index (χ3n) is 4.84. The third-order valence-corrected chi connectivity index (χ3v) is 4.84. The lowest BCUT2D eigenvalue weighted by Crippen LogP contribution is -2.36. The van der Waals surface area contributed by atoms with Crippen LogP contribution >= 0.6 is 0 Å². The number of hydrogen-bond donors (Lipinski definition) is 0. The molecule has 2 heterocycles. The number of fused-ring (bicyclic) bond motifs is 2. The summed E-state index contributed by atoms with van der Waals surface area (Å²) in [5.74, 6) is -2.12.